The van der Waals surface area contributed by atoms with Crippen molar-refractivity contribution in [2.45, 2.75) is 62.9 Å². The number of aryl methyl sites for hydroxylation is 1. The number of hydrogen-bond donors (Lipinski definition) is 1. The first kappa shape index (κ1) is 23.3. The first-order chi connectivity index (χ1) is 16.5. The van der Waals surface area contributed by atoms with Crippen molar-refractivity contribution in [2.75, 3.05) is 6.61 Å². The maximum Gasteiger partial charge on any atom is 0.133 e. The Morgan fingerprint density at radius 2 is 2.06 bits per heavy atom. The number of para-hydroxylation sites is 2. The van der Waals surface area contributed by atoms with E-state index in [1.807, 2.05) is 44.2 Å². The summed E-state index contributed by atoms with van der Waals surface area (Å²) >= 11 is 0. The third kappa shape index (κ3) is 5.29. The Morgan fingerprint density at radius 1 is 1.24 bits per heavy atom. The smallest absolute Gasteiger partial charge is 0.133 e. The Hall–Kier alpha value is -1.48. The van der Waals surface area contributed by atoms with Gasteiger partial charge in [0.1, 0.15) is 29.3 Å². The highest BCUT2D eigenvalue weighted by Gasteiger charge is 2.50. The second-order valence-corrected chi connectivity index (χ2v) is 9.78. The molecule has 1 fully saturated rings. The van der Waals surface area contributed by atoms with Crippen LogP contribution in [0.15, 0.2) is 60.7 Å². The van der Waals surface area contributed by atoms with Crippen molar-refractivity contribution in [3.8, 4) is 11.5 Å². The van der Waals surface area contributed by atoms with Crippen molar-refractivity contribution in [3.63, 3.8) is 0 Å². The fourth-order valence-electron chi connectivity index (χ4n) is 5.06. The van der Waals surface area contributed by atoms with Crippen molar-refractivity contribution < 1.29 is 23.6 Å². The van der Waals surface area contributed by atoms with Gasteiger partial charge in [0.05, 0.1) is 7.38 Å². The van der Waals surface area contributed by atoms with Crippen LogP contribution in [0.2, 0.25) is 0 Å². The minimum atomic E-state index is -0.604. The minimum absolute atomic E-state index is 0.0187. The van der Waals surface area contributed by atoms with Crippen LogP contribution in [0.3, 0.4) is 0 Å². The maximum absolute atomic E-state index is 9.27. The fraction of sp³-hybridized carbons (Fsp3) is 0.462. The molecule has 0 saturated heterocycles. The average Bonchev–Trinajstić information content (AvgIpc) is 3.35. The predicted molar refractivity (Wildman–Crippen MR) is 137 cm³/mol. The molecule has 2 aliphatic rings. The molecule has 2 aromatic carbocycles. The Labute approximate surface area is 202 Å². The molecule has 1 N–H and O–H groups in total. The largest absolute Gasteiger partial charge is 0.489 e. The molecule has 2 unspecified atom stereocenters. The first-order valence-corrected chi connectivity index (χ1v) is 12.4. The summed E-state index contributed by atoms with van der Waals surface area (Å²) in [5.41, 5.74) is 1.73. The molecule has 5 nitrogen and oxygen atoms in total. The fourth-order valence-corrected chi connectivity index (χ4v) is 5.73. The van der Waals surface area contributed by atoms with E-state index in [4.69, 9.17) is 19.8 Å². The van der Waals surface area contributed by atoms with Gasteiger partial charge in [-0.1, -0.05) is 48.6 Å². The number of benzene rings is 2. The highest BCUT2D eigenvalue weighted by atomic mass is 31.0. The molecule has 4 rings (SSSR count). The van der Waals surface area contributed by atoms with Crippen LogP contribution in [-0.2, 0) is 15.5 Å². The number of fused-ring (bicyclic) bond motifs is 3. The van der Waals surface area contributed by atoms with Crippen LogP contribution in [0.4, 0.5) is 0 Å². The maximum atomic E-state index is 9.27. The molecular formula is C26H34O5P2. The molecule has 33 heavy (non-hydrogen) atoms. The molecule has 1 aliphatic carbocycles. The van der Waals surface area contributed by atoms with Gasteiger partial charge in [0, 0.05) is 49.3 Å². The molecule has 1 heterocycles. The van der Waals surface area contributed by atoms with E-state index >= 15 is 0 Å². The monoisotopic (exact) mass is 490 g/mol. The molecule has 178 valence electrons. The van der Waals surface area contributed by atoms with E-state index in [9.17, 15) is 5.11 Å². The number of aliphatic hydroxyl groups excluding tert-OH is 1. The molecule has 0 amide bonds. The molecule has 0 spiro atoms. The Kier molecular flexibility index (Phi) is 7.65. The zero-order valence-electron chi connectivity index (χ0n) is 20.1. The van der Waals surface area contributed by atoms with Gasteiger partial charge in [0.25, 0.3) is 0 Å². The molecular weight excluding hydrogens is 454 g/mol. The van der Waals surface area contributed by atoms with Crippen molar-refractivity contribution in [2.24, 2.45) is 5.92 Å². The lowest BCUT2D eigenvalue weighted by Gasteiger charge is -2.32. The number of hydrogen-bond acceptors (Lipinski definition) is 5. The van der Waals surface area contributed by atoms with Crippen molar-refractivity contribution in [1.29, 1.82) is 1.28 Å². The predicted octanol–water partition coefficient (Wildman–Crippen LogP) is 5.24. The van der Waals surface area contributed by atoms with Gasteiger partial charge < -0.3 is 23.6 Å². The van der Waals surface area contributed by atoms with E-state index in [1.54, 1.807) is 0 Å². The Bertz CT molecular complexity index is 971. The zero-order valence-corrected chi connectivity index (χ0v) is 21.3. The summed E-state index contributed by atoms with van der Waals surface area (Å²) in [6, 6.07) is 16.0. The van der Waals surface area contributed by atoms with E-state index in [1.165, 1.54) is 5.56 Å². The van der Waals surface area contributed by atoms with Gasteiger partial charge in [0.15, 0.2) is 0 Å². The number of aliphatic hydroxyl groups is 1. The summed E-state index contributed by atoms with van der Waals surface area (Å²) in [5, 5.41) is 9.27. The quantitative estimate of drug-likeness (QED) is 0.345. The van der Waals surface area contributed by atoms with Crippen molar-refractivity contribution in [1.82, 2.24) is 0 Å². The van der Waals surface area contributed by atoms with E-state index in [0.717, 1.165) is 29.9 Å². The molecule has 2 aromatic rings. The molecule has 0 radical (unpaired) electrons. The average molecular weight is 491 g/mol. The molecule has 7 heteroatoms. The normalized spacial score (nSPS) is 25.8. The van der Waals surface area contributed by atoms with Crippen molar-refractivity contribution in [3.05, 3.63) is 71.8 Å². The lowest BCUT2D eigenvalue weighted by molar-refractivity contribution is 0.0203. The summed E-state index contributed by atoms with van der Waals surface area (Å²) in [5.74, 6) is 1.97. The van der Waals surface area contributed by atoms with Gasteiger partial charge in [-0.25, -0.2) is 0 Å². The van der Waals surface area contributed by atoms with Crippen molar-refractivity contribution >= 4 is 18.9 Å². The molecule has 1 aliphatic heterocycles. The summed E-state index contributed by atoms with van der Waals surface area (Å²) in [6.45, 7) is 4.19. The Morgan fingerprint density at radius 3 is 2.79 bits per heavy atom. The SMILES string of the molecule is [3H]PO[C@@H]1C[C@@H]2Oc3c(CCCO)cccc3[C@@H]2[C@H]1/C=C/[C@H](OP)C(C)(C)Oc1ccccc1. The van der Waals surface area contributed by atoms with Crippen LogP contribution in [0, 0.1) is 5.92 Å². The molecule has 0 bridgehead atoms. The third-order valence-corrected chi connectivity index (χ3v) is 7.28. The lowest BCUT2D eigenvalue weighted by atomic mass is 9.86. The molecule has 7 atom stereocenters. The van der Waals surface area contributed by atoms with Crippen LogP contribution < -0.4 is 9.47 Å². The van der Waals surface area contributed by atoms with Crippen LogP contribution >= 0.6 is 18.9 Å². The minimum Gasteiger partial charge on any atom is -0.489 e. The van der Waals surface area contributed by atoms with Gasteiger partial charge in [-0.15, -0.1) is 0 Å². The van der Waals surface area contributed by atoms with Crippen LogP contribution in [0.25, 0.3) is 0 Å². The van der Waals surface area contributed by atoms with Crippen LogP contribution in [0.5, 0.6) is 11.5 Å². The van der Waals surface area contributed by atoms with E-state index in [0.29, 0.717) is 6.42 Å². The molecule has 0 aromatic heterocycles. The second-order valence-electron chi connectivity index (χ2n) is 9.27. The highest BCUT2D eigenvalue weighted by Crippen LogP contribution is 2.53. The summed E-state index contributed by atoms with van der Waals surface area (Å²) in [7, 11) is 2.04. The second kappa shape index (κ2) is 10.8. The number of rotatable bonds is 11. The van der Waals surface area contributed by atoms with Crippen LogP contribution in [-0.4, -0.2) is 36.9 Å². The van der Waals surface area contributed by atoms with Gasteiger partial charge in [-0.3, -0.25) is 0 Å². The van der Waals surface area contributed by atoms with E-state index in [2.05, 4.69) is 39.8 Å². The van der Waals surface area contributed by atoms with Gasteiger partial charge in [-0.05, 0) is 44.4 Å². The van der Waals surface area contributed by atoms with Crippen LogP contribution in [0.1, 0.15) is 43.7 Å². The number of ether oxygens (including phenoxy) is 2. The summed E-state index contributed by atoms with van der Waals surface area (Å²) in [4.78, 5) is 0. The summed E-state index contributed by atoms with van der Waals surface area (Å²) in [6.07, 6.45) is 6.10. The first-order valence-electron chi connectivity index (χ1n) is 12.0. The highest BCUT2D eigenvalue weighted by molar-refractivity contribution is 7.10. The molecule has 1 saturated carbocycles. The van der Waals surface area contributed by atoms with E-state index < -0.39 is 5.60 Å². The summed E-state index contributed by atoms with van der Waals surface area (Å²) < 4.78 is 32.0. The van der Waals surface area contributed by atoms with Gasteiger partial charge >= 0.3 is 0 Å². The topological polar surface area (TPSA) is 57.2 Å². The van der Waals surface area contributed by atoms with Gasteiger partial charge in [0.2, 0.25) is 0 Å². The lowest BCUT2D eigenvalue weighted by Crippen LogP contribution is -2.41. The standard InChI is InChI=1S/C26H34O5P2/c1-26(2,29-18-10-4-3-5-11-18)23(31-33)14-13-19-21(30-32)16-22-24(19)20-12-6-8-17(9-7-15-27)25(20)28-22/h3-6,8,10-14,19,21-24,27H,7,9,15-16,32-33H2,1-2H3/b14-13+/t19-,21+,22-,23-,24-/m0/s1/i32T/t19-,21+,22-,23-,24-,32?. The third-order valence-electron chi connectivity index (χ3n) is 6.68. The Balaban J connectivity index is 1.58. The van der Waals surface area contributed by atoms with E-state index in [-0.39, 0.29) is 46.2 Å². The zero-order chi connectivity index (χ0) is 24.1. The van der Waals surface area contributed by atoms with Gasteiger partial charge in [-0.2, -0.15) is 0 Å².